The summed E-state index contributed by atoms with van der Waals surface area (Å²) in [5, 5.41) is 1.07. The van der Waals surface area contributed by atoms with Gasteiger partial charge in [-0.3, -0.25) is 0 Å². The van der Waals surface area contributed by atoms with E-state index in [0.717, 1.165) is 16.5 Å². The van der Waals surface area contributed by atoms with Gasteiger partial charge in [0, 0.05) is 11.7 Å². The number of aromatic amines is 1. The van der Waals surface area contributed by atoms with Gasteiger partial charge < -0.3 is 4.98 Å². The molecule has 0 aliphatic carbocycles. The van der Waals surface area contributed by atoms with Gasteiger partial charge in [0.25, 0.3) is 0 Å². The van der Waals surface area contributed by atoms with Crippen molar-refractivity contribution < 1.29 is 4.39 Å². The number of hydrogen-bond donors (Lipinski definition) is 1. The van der Waals surface area contributed by atoms with Gasteiger partial charge in [0.1, 0.15) is 5.82 Å². The van der Waals surface area contributed by atoms with E-state index in [1.54, 1.807) is 6.07 Å². The molecule has 0 saturated heterocycles. The highest BCUT2D eigenvalue weighted by molar-refractivity contribution is 5.80. The smallest absolute Gasteiger partial charge is 0.128 e. The summed E-state index contributed by atoms with van der Waals surface area (Å²) in [6, 6.07) is 5.43. The summed E-state index contributed by atoms with van der Waals surface area (Å²) in [5.41, 5.74) is 1.65. The second-order valence-corrected chi connectivity index (χ2v) is 3.59. The number of nitrogens with one attached hydrogen (secondary N) is 1. The molecule has 2 aromatic rings. The lowest BCUT2D eigenvalue weighted by atomic mass is 10.0. The van der Waals surface area contributed by atoms with E-state index in [2.05, 4.69) is 4.98 Å². The van der Waals surface area contributed by atoms with Crippen LogP contribution in [0.4, 0.5) is 4.39 Å². The molecular formula is C13H18FN. The predicted octanol–water partition coefficient (Wildman–Crippen LogP) is 4.46. The van der Waals surface area contributed by atoms with Crippen LogP contribution in [0.2, 0.25) is 0 Å². The first-order chi connectivity index (χ1) is 7.18. The van der Waals surface area contributed by atoms with E-state index in [1.807, 2.05) is 46.0 Å². The Hall–Kier alpha value is -1.31. The molecule has 0 amide bonds. The maximum Gasteiger partial charge on any atom is 0.128 e. The van der Waals surface area contributed by atoms with Crippen molar-refractivity contribution in [2.45, 2.75) is 33.6 Å². The molecule has 0 atom stereocenters. The number of benzene rings is 1. The molecule has 1 aromatic carbocycles. The maximum absolute atomic E-state index is 13.4. The number of hydrogen-bond acceptors (Lipinski definition) is 0. The summed E-state index contributed by atoms with van der Waals surface area (Å²) in [6.45, 7) is 7.99. The molecule has 15 heavy (non-hydrogen) atoms. The summed E-state index contributed by atoms with van der Waals surface area (Å²) in [7, 11) is 0. The van der Waals surface area contributed by atoms with E-state index in [0.29, 0.717) is 0 Å². The number of rotatable bonds is 1. The van der Waals surface area contributed by atoms with Gasteiger partial charge in [-0.25, -0.2) is 4.39 Å². The molecule has 82 valence electrons. The number of fused-ring (bicyclic) bond motifs is 1. The molecule has 1 nitrogen and oxygen atoms in total. The Labute approximate surface area is 90.3 Å². The minimum absolute atomic E-state index is 0.120. The van der Waals surface area contributed by atoms with E-state index in [-0.39, 0.29) is 11.7 Å². The SMILES string of the molecule is CC.CC(C)c1cc2cc[nH]c2cc1F. The van der Waals surface area contributed by atoms with Crippen LogP contribution in [0.15, 0.2) is 24.4 Å². The first-order valence-corrected chi connectivity index (χ1v) is 5.45. The lowest BCUT2D eigenvalue weighted by molar-refractivity contribution is 0.600. The van der Waals surface area contributed by atoms with Crippen LogP contribution < -0.4 is 0 Å². The van der Waals surface area contributed by atoms with E-state index in [4.69, 9.17) is 0 Å². The standard InChI is InChI=1S/C11H12FN.C2H6/c1-7(2)9-5-8-3-4-13-11(8)6-10(9)12;1-2/h3-7,13H,1-2H3;1-2H3. The normalized spacial score (nSPS) is 10.3. The Bertz CT molecular complexity index is 429. The quantitative estimate of drug-likeness (QED) is 0.710. The number of aromatic nitrogens is 1. The van der Waals surface area contributed by atoms with Crippen LogP contribution in [0, 0.1) is 5.82 Å². The first-order valence-electron chi connectivity index (χ1n) is 5.45. The van der Waals surface area contributed by atoms with E-state index in [9.17, 15) is 4.39 Å². The van der Waals surface area contributed by atoms with E-state index >= 15 is 0 Å². The molecule has 0 aliphatic rings. The highest BCUT2D eigenvalue weighted by Crippen LogP contribution is 2.23. The Balaban J connectivity index is 0.000000531. The molecule has 0 saturated carbocycles. The first kappa shape index (κ1) is 11.8. The lowest BCUT2D eigenvalue weighted by Gasteiger charge is -2.06. The van der Waals surface area contributed by atoms with Crippen molar-refractivity contribution in [1.29, 1.82) is 0 Å². The van der Waals surface area contributed by atoms with E-state index < -0.39 is 0 Å². The van der Waals surface area contributed by atoms with Gasteiger partial charge in [-0.2, -0.15) is 0 Å². The molecular weight excluding hydrogens is 189 g/mol. The van der Waals surface area contributed by atoms with Crippen LogP contribution >= 0.6 is 0 Å². The Kier molecular flexibility index (Phi) is 3.89. The van der Waals surface area contributed by atoms with Crippen molar-refractivity contribution in [3.05, 3.63) is 35.8 Å². The maximum atomic E-state index is 13.4. The average Bonchev–Trinajstić information content (AvgIpc) is 2.66. The molecule has 0 bridgehead atoms. The van der Waals surface area contributed by atoms with Gasteiger partial charge in [0.15, 0.2) is 0 Å². The Morgan fingerprint density at radius 2 is 1.87 bits per heavy atom. The summed E-state index contributed by atoms with van der Waals surface area (Å²) >= 11 is 0. The molecule has 1 aromatic heterocycles. The van der Waals surface area contributed by atoms with Crippen LogP contribution in [-0.2, 0) is 0 Å². The third kappa shape index (κ3) is 2.38. The molecule has 1 heterocycles. The van der Waals surface area contributed by atoms with Gasteiger partial charge in [-0.15, -0.1) is 0 Å². The van der Waals surface area contributed by atoms with Crippen LogP contribution in [0.25, 0.3) is 10.9 Å². The fourth-order valence-corrected chi connectivity index (χ4v) is 1.53. The van der Waals surface area contributed by atoms with Crippen LogP contribution in [-0.4, -0.2) is 4.98 Å². The second kappa shape index (κ2) is 4.96. The number of H-pyrrole nitrogens is 1. The van der Waals surface area contributed by atoms with E-state index in [1.165, 1.54) is 0 Å². The van der Waals surface area contributed by atoms with Gasteiger partial charge >= 0.3 is 0 Å². The Morgan fingerprint density at radius 3 is 2.47 bits per heavy atom. The van der Waals surface area contributed by atoms with Crippen molar-refractivity contribution in [3.8, 4) is 0 Å². The van der Waals surface area contributed by atoms with Gasteiger partial charge in [0.2, 0.25) is 0 Å². The topological polar surface area (TPSA) is 15.8 Å². The molecule has 0 fully saturated rings. The molecule has 0 radical (unpaired) electrons. The zero-order chi connectivity index (χ0) is 11.4. The summed E-state index contributed by atoms with van der Waals surface area (Å²) in [5.74, 6) is 0.115. The zero-order valence-corrected chi connectivity index (χ0v) is 9.76. The largest absolute Gasteiger partial charge is 0.361 e. The van der Waals surface area contributed by atoms with Crippen LogP contribution in [0.3, 0.4) is 0 Å². The van der Waals surface area contributed by atoms with Crippen molar-refractivity contribution in [2.75, 3.05) is 0 Å². The molecule has 1 N–H and O–H groups in total. The second-order valence-electron chi connectivity index (χ2n) is 3.59. The van der Waals surface area contributed by atoms with Gasteiger partial charge in [0.05, 0.1) is 0 Å². The molecule has 0 spiro atoms. The van der Waals surface area contributed by atoms with Crippen LogP contribution in [0.5, 0.6) is 0 Å². The summed E-state index contributed by atoms with van der Waals surface area (Å²) in [4.78, 5) is 2.99. The van der Waals surface area contributed by atoms with Crippen molar-refractivity contribution in [2.24, 2.45) is 0 Å². The fraction of sp³-hybridized carbons (Fsp3) is 0.385. The van der Waals surface area contributed by atoms with Gasteiger partial charge in [-0.05, 0) is 35.1 Å². The van der Waals surface area contributed by atoms with Gasteiger partial charge in [-0.1, -0.05) is 27.7 Å². The van der Waals surface area contributed by atoms with Crippen LogP contribution in [0.1, 0.15) is 39.2 Å². The Morgan fingerprint density at radius 1 is 1.20 bits per heavy atom. The average molecular weight is 207 g/mol. The minimum Gasteiger partial charge on any atom is -0.361 e. The zero-order valence-electron chi connectivity index (χ0n) is 9.76. The molecule has 2 heteroatoms. The lowest BCUT2D eigenvalue weighted by Crippen LogP contribution is -1.92. The fourth-order valence-electron chi connectivity index (χ4n) is 1.53. The van der Waals surface area contributed by atoms with Crippen molar-refractivity contribution in [3.63, 3.8) is 0 Å². The third-order valence-corrected chi connectivity index (χ3v) is 2.29. The monoisotopic (exact) mass is 207 g/mol. The minimum atomic E-state index is -0.120. The summed E-state index contributed by atoms with van der Waals surface area (Å²) in [6.07, 6.45) is 1.83. The predicted molar refractivity (Wildman–Crippen MR) is 63.7 cm³/mol. The van der Waals surface area contributed by atoms with Crippen molar-refractivity contribution >= 4 is 10.9 Å². The number of halogens is 1. The highest BCUT2D eigenvalue weighted by Gasteiger charge is 2.08. The molecule has 2 rings (SSSR count). The highest BCUT2D eigenvalue weighted by atomic mass is 19.1. The van der Waals surface area contributed by atoms with Crippen molar-refractivity contribution in [1.82, 2.24) is 4.98 Å². The summed E-state index contributed by atoms with van der Waals surface area (Å²) < 4.78 is 13.4. The molecule has 0 unspecified atom stereocenters. The third-order valence-electron chi connectivity index (χ3n) is 2.29. The molecule has 0 aliphatic heterocycles.